The van der Waals surface area contributed by atoms with Crippen molar-refractivity contribution in [2.45, 2.75) is 135 Å². The van der Waals surface area contributed by atoms with Crippen LogP contribution < -0.4 is 0 Å². The van der Waals surface area contributed by atoms with Gasteiger partial charge in [-0.3, -0.25) is 15.0 Å². The lowest BCUT2D eigenvalue weighted by atomic mass is 9.58. The monoisotopic (exact) mass is 1880 g/mol. The second-order valence-electron chi connectivity index (χ2n) is 38.4. The van der Waals surface area contributed by atoms with Gasteiger partial charge >= 0.3 is 0 Å². The van der Waals surface area contributed by atoms with E-state index in [2.05, 4.69) is 51.2 Å². The largest absolute Gasteiger partial charge is 0.308 e. The number of carbonyl (C=O) groups is 4. The molecule has 7 aromatic carbocycles. The van der Waals surface area contributed by atoms with E-state index in [-0.39, 0.29) is 116 Å². The Balaban J connectivity index is 0.000000116. The Bertz CT molecular complexity index is 7940. The molecule has 0 saturated carbocycles. The van der Waals surface area contributed by atoms with Crippen LogP contribution in [0.25, 0.3) is 143 Å². The number of nitrogens with zero attached hydrogens (tertiary/aromatic N) is 17. The molecule has 8 heterocycles. The molecule has 21 nitrogen and oxygen atoms in total. The normalized spacial score (nSPS) is 23.1. The number of ketones is 4. The number of hydrogen-bond donors (Lipinski definition) is 0. The maximum absolute atomic E-state index is 15.1. The highest BCUT2D eigenvalue weighted by Crippen LogP contribution is 2.57. The summed E-state index contributed by atoms with van der Waals surface area (Å²) >= 11 is 0. The number of allylic oxidation sites excluding steroid dienone is 8. The van der Waals surface area contributed by atoms with Crippen molar-refractivity contribution in [2.24, 2.45) is 47.3 Å². The molecule has 15 aromatic rings. The minimum absolute atomic E-state index is 0.0000220. The lowest BCUT2D eigenvalue weighted by Gasteiger charge is -2.46. The van der Waals surface area contributed by atoms with E-state index in [1.165, 1.54) is 36.8 Å². The molecule has 0 radical (unpaired) electrons. The molecular weight excluding hydrogens is 1790 g/mol. The molecule has 23 rings (SSSR count). The van der Waals surface area contributed by atoms with Crippen LogP contribution in [0, 0.1) is 96.9 Å². The van der Waals surface area contributed by atoms with Crippen LogP contribution in [0.2, 0.25) is 0 Å². The number of rotatable bonds is 9. The van der Waals surface area contributed by atoms with E-state index in [4.69, 9.17) is 66.2 Å². The summed E-state index contributed by atoms with van der Waals surface area (Å²) in [5, 5.41) is 2.71. The Morgan fingerprint density at radius 2 is 0.669 bits per heavy atom. The maximum Gasteiger partial charge on any atom is 0.226 e. The van der Waals surface area contributed by atoms with Crippen molar-refractivity contribution in [3.63, 3.8) is 0 Å². The molecule has 0 fully saturated rings. The summed E-state index contributed by atoms with van der Waals surface area (Å²) in [4.78, 5) is 127. The molecule has 0 amide bonds. The fourth-order valence-electron chi connectivity index (χ4n) is 23.3. The summed E-state index contributed by atoms with van der Waals surface area (Å²) < 4.78 is 73.5. The molecule has 8 aliphatic rings. The molecular formula is C116H90F5N17O4. The van der Waals surface area contributed by atoms with Crippen LogP contribution in [0.1, 0.15) is 132 Å². The van der Waals surface area contributed by atoms with Gasteiger partial charge in [0.2, 0.25) is 22.8 Å². The van der Waals surface area contributed by atoms with Crippen LogP contribution in [0.5, 0.6) is 0 Å². The quantitative estimate of drug-likeness (QED) is 0.0961. The molecule has 8 aliphatic carbocycles. The molecule has 8 aromatic heterocycles. The van der Waals surface area contributed by atoms with E-state index in [1.807, 2.05) is 133 Å². The van der Waals surface area contributed by atoms with Crippen LogP contribution in [-0.2, 0) is 73.2 Å². The van der Waals surface area contributed by atoms with Gasteiger partial charge in [-0.05, 0) is 178 Å². The highest BCUT2D eigenvalue weighted by molar-refractivity contribution is 6.03. The highest BCUT2D eigenvalue weighted by atomic mass is 19.1. The van der Waals surface area contributed by atoms with Gasteiger partial charge in [-0.25, -0.2) is 91.2 Å². The van der Waals surface area contributed by atoms with Gasteiger partial charge in [-0.1, -0.05) is 171 Å². The number of halogens is 5. The Morgan fingerprint density at radius 1 is 0.331 bits per heavy atom. The third-order valence-corrected chi connectivity index (χ3v) is 30.5. The Kier molecular flexibility index (Phi) is 24.2. The predicted octanol–water partition coefficient (Wildman–Crippen LogP) is 24.1. The topological polar surface area (TPSA) is 253 Å². The van der Waals surface area contributed by atoms with Gasteiger partial charge in [0.1, 0.15) is 42.0 Å². The number of pyridine rings is 3. The Hall–Kier alpha value is -16.6. The van der Waals surface area contributed by atoms with Gasteiger partial charge < -0.3 is 19.2 Å². The first-order valence-corrected chi connectivity index (χ1v) is 47.3. The molecule has 0 spiro atoms. The standard InChI is InChI=1S/2C30H23FN4O.C29H22FN5O.C27H22F2N4O/c1-17-22-13-12-21-26(20-9-5-6-10-23(20)31)34-29(19-14-18-8-4-7-11-24(18)33-16-19)35-28(21)30(22,2)15-25(32-3)27(17)36;1-17-22-12-11-21-26(20-8-4-5-9-23(20)31)34-29(19-10-13-24-18(15-19)7-6-14-33-24)35-28(21)30(22,2)16-25(32-3)27(17)36;1-16-20-13-12-19-24(17-8-4-6-10-21(17)30)34-28(25-18-9-5-7-11-22(18)32-15-33-25)35-27(19)29(20,2)14-23(31-3)26(16)36;1-15-20-9-8-19-23(18-6-4-5-7-21(18)29)32-26(16-10-11-31-17(12-16)14-28)33-25(19)27(20,2)13-22(30-3)24(15)34/h4-11,14-17,22H,12-13H2,1-2H3;4-10,13-17,22H,11-12H2,1-2H3;4-11,14-16,20H,12-13H2,1-2H3;4-7,10-13,15,20H,8-9,14H2,1-2H3/t2*17-,22-,30-;16-,20-,29-;15-,20-,27-/m1111/s1. The summed E-state index contributed by atoms with van der Waals surface area (Å²) in [6, 6.07) is 56.8. The summed E-state index contributed by atoms with van der Waals surface area (Å²) in [5.41, 5.74) is 13.4. The van der Waals surface area contributed by atoms with Gasteiger partial charge in [0.25, 0.3) is 0 Å². The van der Waals surface area contributed by atoms with E-state index < -0.39 is 34.2 Å². The number of carbonyl (C=O) groups excluding carboxylic acids is 4. The number of benzene rings is 7. The zero-order valence-electron chi connectivity index (χ0n) is 78.7. The number of alkyl halides is 1. The fraction of sp³-hybridized carbons (Fsp3) is 0.250. The Morgan fingerprint density at radius 3 is 1.07 bits per heavy atom. The van der Waals surface area contributed by atoms with Crippen LogP contribution in [0.3, 0.4) is 0 Å². The van der Waals surface area contributed by atoms with Crippen molar-refractivity contribution >= 4 is 55.8 Å². The number of para-hydroxylation sites is 2. The van der Waals surface area contributed by atoms with E-state index in [0.717, 1.165) is 102 Å². The predicted molar refractivity (Wildman–Crippen MR) is 530 cm³/mol. The Labute approximate surface area is 815 Å². The van der Waals surface area contributed by atoms with Gasteiger partial charge in [-0.2, -0.15) is 0 Å². The smallest absolute Gasteiger partial charge is 0.226 e. The number of fused-ring (bicyclic) bond motifs is 15. The molecule has 0 N–H and O–H groups in total. The first kappa shape index (κ1) is 93.1. The van der Waals surface area contributed by atoms with Gasteiger partial charge in [0.05, 0.1) is 94.1 Å². The molecule has 698 valence electrons. The average Bonchev–Trinajstić information content (AvgIpc) is 0.741. The summed E-state index contributed by atoms with van der Waals surface area (Å²) in [7, 11) is 0. The van der Waals surface area contributed by atoms with Crippen molar-refractivity contribution in [1.82, 2.24) is 64.8 Å². The number of Topliss-reactive ketones (excluding diaryl/α,β-unsaturated/α-hetero) is 4. The third kappa shape index (κ3) is 16.0. The van der Waals surface area contributed by atoms with E-state index >= 15 is 13.2 Å². The minimum Gasteiger partial charge on any atom is -0.308 e. The molecule has 0 unspecified atom stereocenters. The van der Waals surface area contributed by atoms with Gasteiger partial charge in [-0.15, -0.1) is 0 Å². The van der Waals surface area contributed by atoms with Crippen molar-refractivity contribution in [3.05, 3.63) is 386 Å². The average molecular weight is 1880 g/mol. The van der Waals surface area contributed by atoms with Crippen molar-refractivity contribution in [2.75, 3.05) is 0 Å². The first-order chi connectivity index (χ1) is 68.6. The molecule has 26 heteroatoms. The van der Waals surface area contributed by atoms with Gasteiger partial charge in [0.15, 0.2) is 46.4 Å². The van der Waals surface area contributed by atoms with E-state index in [1.54, 1.807) is 122 Å². The van der Waals surface area contributed by atoms with Crippen LogP contribution in [0.15, 0.2) is 266 Å². The molecule has 0 aliphatic heterocycles. The summed E-state index contributed by atoms with van der Waals surface area (Å²) in [6.45, 7) is 45.3. The van der Waals surface area contributed by atoms with Crippen LogP contribution in [0.4, 0.5) is 22.0 Å². The highest BCUT2D eigenvalue weighted by Gasteiger charge is 2.55. The van der Waals surface area contributed by atoms with Crippen LogP contribution in [-0.4, -0.2) is 87.9 Å². The summed E-state index contributed by atoms with van der Waals surface area (Å²) in [5.74, 6) is -1.62. The summed E-state index contributed by atoms with van der Waals surface area (Å²) in [6.07, 6.45) is 18.9. The molecule has 0 bridgehead atoms. The molecule has 12 atom stereocenters. The zero-order chi connectivity index (χ0) is 99.1. The second-order valence-corrected chi connectivity index (χ2v) is 38.4. The number of aromatic nitrogens is 13. The van der Waals surface area contributed by atoms with Crippen molar-refractivity contribution < 1.29 is 41.1 Å². The van der Waals surface area contributed by atoms with Crippen molar-refractivity contribution in [3.8, 4) is 90.7 Å². The number of hydrogen-bond acceptors (Lipinski definition) is 17. The lowest BCUT2D eigenvalue weighted by molar-refractivity contribution is -0.122. The van der Waals surface area contributed by atoms with Crippen molar-refractivity contribution in [1.29, 1.82) is 0 Å². The SMILES string of the molecule is [C-]#[N+]C1=C[C@@]2(C)c3nc(-c4ccc5ncccc5c4)nc(-c4ccccc4F)c3CC[C@@H]2[C@@H](C)C1=O.[C-]#[N+]C1=C[C@@]2(C)c3nc(-c4ccnc(CF)c4)nc(-c4ccccc4F)c3CC[C@@H]2[C@@H](C)C1=O.[C-]#[N+]C1=C[C@@]2(C)c3nc(-c4cnc5ccccc5c4)nc(-c4ccccc4F)c3CC[C@@H]2[C@@H](C)C1=O.[C-]#[N+]C1=C[C@@]2(C)c3nc(-c4ncnc5ccccc45)nc(-c4ccccc4F)c3CC[C@@H]2[C@@H](C)C1=O. The molecule has 142 heavy (non-hydrogen) atoms. The first-order valence-electron chi connectivity index (χ1n) is 47.3. The molecule has 0 saturated heterocycles. The zero-order valence-corrected chi connectivity index (χ0v) is 78.7. The third-order valence-electron chi connectivity index (χ3n) is 30.5. The van der Waals surface area contributed by atoms with E-state index in [9.17, 15) is 28.0 Å². The second kappa shape index (κ2) is 37.0. The van der Waals surface area contributed by atoms with Crippen LogP contribution >= 0.6 is 0 Å². The fourth-order valence-corrected chi connectivity index (χ4v) is 23.3. The van der Waals surface area contributed by atoms with E-state index in [0.29, 0.717) is 117 Å². The maximum atomic E-state index is 15.1. The lowest BCUT2D eigenvalue weighted by Crippen LogP contribution is -2.46. The minimum atomic E-state index is -0.727. The van der Waals surface area contributed by atoms with Gasteiger partial charge in [0, 0.05) is 141 Å².